The molecule has 4 heterocycles. The molecular formula is C17H19BrN4O2. The van der Waals surface area contributed by atoms with E-state index in [1.165, 1.54) is 0 Å². The van der Waals surface area contributed by atoms with E-state index < -0.39 is 0 Å². The third-order valence-electron chi connectivity index (χ3n) is 5.06. The lowest BCUT2D eigenvalue weighted by Crippen LogP contribution is -2.44. The van der Waals surface area contributed by atoms with E-state index in [9.17, 15) is 9.59 Å². The van der Waals surface area contributed by atoms with Crippen LogP contribution in [0.4, 0.5) is 4.79 Å². The van der Waals surface area contributed by atoms with Crippen LogP contribution in [0, 0.1) is 0 Å². The first kappa shape index (κ1) is 15.5. The third-order valence-corrected chi connectivity index (χ3v) is 5.67. The molecule has 2 aliphatic rings. The summed E-state index contributed by atoms with van der Waals surface area (Å²) in [6.07, 6.45) is 4.51. The molecular weight excluding hydrogens is 372 g/mol. The molecule has 2 aromatic heterocycles. The summed E-state index contributed by atoms with van der Waals surface area (Å²) in [5, 5.41) is 5.89. The van der Waals surface area contributed by atoms with Crippen LogP contribution in [0.25, 0.3) is 5.52 Å². The SMILES string of the molecule is O=C1NCC2(CCCN(C(=O)c3cc(Br)n4ccccc34)CC2)N1. The Morgan fingerprint density at radius 3 is 2.92 bits per heavy atom. The van der Waals surface area contributed by atoms with Crippen LogP contribution in [0.3, 0.4) is 0 Å². The first-order chi connectivity index (χ1) is 11.6. The molecule has 2 fully saturated rings. The van der Waals surface area contributed by atoms with Crippen LogP contribution in [0.5, 0.6) is 0 Å². The standard InChI is InChI=1S/C17H19BrN4O2/c18-14-10-12(13-4-1-2-8-22(13)14)15(23)21-7-3-5-17(6-9-21)11-19-16(24)20-17/h1-2,4,8,10H,3,5-7,9,11H2,(H2,19,20,24). The van der Waals surface area contributed by atoms with Crippen molar-refractivity contribution in [2.75, 3.05) is 19.6 Å². The molecule has 6 nitrogen and oxygen atoms in total. The van der Waals surface area contributed by atoms with Gasteiger partial charge in [0.15, 0.2) is 0 Å². The number of urea groups is 1. The summed E-state index contributed by atoms with van der Waals surface area (Å²) in [5.41, 5.74) is 1.42. The minimum atomic E-state index is -0.199. The van der Waals surface area contributed by atoms with Gasteiger partial charge in [0.1, 0.15) is 0 Å². The first-order valence-electron chi connectivity index (χ1n) is 8.19. The predicted octanol–water partition coefficient (Wildman–Crippen LogP) is 2.38. The molecule has 3 amide bonds. The van der Waals surface area contributed by atoms with E-state index in [0.717, 1.165) is 35.9 Å². The van der Waals surface area contributed by atoms with E-state index in [4.69, 9.17) is 0 Å². The van der Waals surface area contributed by atoms with Crippen molar-refractivity contribution in [1.82, 2.24) is 19.9 Å². The summed E-state index contributed by atoms with van der Waals surface area (Å²) < 4.78 is 2.84. The largest absolute Gasteiger partial charge is 0.338 e. The van der Waals surface area contributed by atoms with Gasteiger partial charge in [-0.1, -0.05) is 6.07 Å². The average Bonchev–Trinajstić information content (AvgIpc) is 3.03. The van der Waals surface area contributed by atoms with Crippen molar-refractivity contribution in [2.45, 2.75) is 24.8 Å². The number of amides is 3. The average molecular weight is 391 g/mol. The molecule has 0 aromatic carbocycles. The van der Waals surface area contributed by atoms with Crippen molar-refractivity contribution in [2.24, 2.45) is 0 Å². The van der Waals surface area contributed by atoms with Crippen LogP contribution in [-0.4, -0.2) is 46.4 Å². The molecule has 1 atom stereocenters. The van der Waals surface area contributed by atoms with Gasteiger partial charge in [-0.2, -0.15) is 0 Å². The Morgan fingerprint density at radius 2 is 2.12 bits per heavy atom. The summed E-state index contributed by atoms with van der Waals surface area (Å²) >= 11 is 3.52. The lowest BCUT2D eigenvalue weighted by atomic mass is 9.92. The Balaban J connectivity index is 1.57. The zero-order valence-corrected chi connectivity index (χ0v) is 14.8. The van der Waals surface area contributed by atoms with Crippen LogP contribution >= 0.6 is 15.9 Å². The Labute approximate surface area is 148 Å². The predicted molar refractivity (Wildman–Crippen MR) is 94.1 cm³/mol. The smallest absolute Gasteiger partial charge is 0.315 e. The van der Waals surface area contributed by atoms with E-state index >= 15 is 0 Å². The number of fused-ring (bicyclic) bond motifs is 1. The molecule has 0 bridgehead atoms. The van der Waals surface area contributed by atoms with Gasteiger partial charge in [0, 0.05) is 25.8 Å². The minimum absolute atomic E-state index is 0.0544. The van der Waals surface area contributed by atoms with Crippen LogP contribution in [0.15, 0.2) is 35.1 Å². The van der Waals surface area contributed by atoms with Gasteiger partial charge in [-0.25, -0.2) is 4.79 Å². The lowest BCUT2D eigenvalue weighted by Gasteiger charge is -2.26. The monoisotopic (exact) mass is 390 g/mol. The van der Waals surface area contributed by atoms with Crippen LogP contribution in [0.1, 0.15) is 29.6 Å². The Hall–Kier alpha value is -2.02. The van der Waals surface area contributed by atoms with Crippen LogP contribution in [0.2, 0.25) is 0 Å². The number of nitrogens with one attached hydrogen (secondary N) is 2. The summed E-state index contributed by atoms with van der Waals surface area (Å²) in [6.45, 7) is 2.02. The number of carbonyl (C=O) groups is 2. The number of likely N-dealkylation sites (tertiary alicyclic amines) is 1. The number of carbonyl (C=O) groups excluding carboxylic acids is 2. The van der Waals surface area contributed by atoms with Gasteiger partial charge in [0.05, 0.1) is 21.2 Å². The molecule has 1 unspecified atom stereocenters. The van der Waals surface area contributed by atoms with E-state index in [0.29, 0.717) is 18.7 Å². The van der Waals surface area contributed by atoms with Gasteiger partial charge in [0.2, 0.25) is 0 Å². The van der Waals surface area contributed by atoms with Crippen molar-refractivity contribution < 1.29 is 9.59 Å². The Kier molecular flexibility index (Phi) is 3.75. The molecule has 2 aromatic rings. The van der Waals surface area contributed by atoms with Gasteiger partial charge in [0.25, 0.3) is 5.91 Å². The van der Waals surface area contributed by atoms with Gasteiger partial charge >= 0.3 is 6.03 Å². The molecule has 2 N–H and O–H groups in total. The maximum Gasteiger partial charge on any atom is 0.315 e. The first-order valence-corrected chi connectivity index (χ1v) is 8.98. The molecule has 0 aliphatic carbocycles. The van der Waals surface area contributed by atoms with Gasteiger partial charge in [-0.05, 0) is 53.4 Å². The zero-order chi connectivity index (χ0) is 16.7. The van der Waals surface area contributed by atoms with Crippen LogP contribution < -0.4 is 10.6 Å². The fourth-order valence-electron chi connectivity index (χ4n) is 3.73. The van der Waals surface area contributed by atoms with Gasteiger partial charge in [-0.3, -0.25) is 4.79 Å². The van der Waals surface area contributed by atoms with Gasteiger partial charge < -0.3 is 19.9 Å². The molecule has 126 valence electrons. The van der Waals surface area contributed by atoms with E-state index in [1.54, 1.807) is 0 Å². The normalized spacial score (nSPS) is 24.0. The van der Waals surface area contributed by atoms with E-state index in [2.05, 4.69) is 26.6 Å². The van der Waals surface area contributed by atoms with Crippen molar-refractivity contribution in [3.8, 4) is 0 Å². The highest BCUT2D eigenvalue weighted by atomic mass is 79.9. The third kappa shape index (κ3) is 2.56. The van der Waals surface area contributed by atoms with Crippen molar-refractivity contribution in [3.63, 3.8) is 0 Å². The quantitative estimate of drug-likeness (QED) is 0.784. The number of hydrogen-bond donors (Lipinski definition) is 2. The number of rotatable bonds is 1. The summed E-state index contributed by atoms with van der Waals surface area (Å²) in [6, 6.07) is 7.63. The Bertz CT molecular complexity index is 818. The number of nitrogens with zero attached hydrogens (tertiary/aromatic N) is 2. The highest BCUT2D eigenvalue weighted by Crippen LogP contribution is 2.27. The van der Waals surface area contributed by atoms with Crippen molar-refractivity contribution in [1.29, 1.82) is 0 Å². The Morgan fingerprint density at radius 1 is 1.25 bits per heavy atom. The fraction of sp³-hybridized carbons (Fsp3) is 0.412. The molecule has 7 heteroatoms. The summed E-state index contributed by atoms with van der Waals surface area (Å²) in [7, 11) is 0. The fourth-order valence-corrected chi connectivity index (χ4v) is 4.27. The van der Waals surface area contributed by atoms with E-state index in [-0.39, 0.29) is 17.5 Å². The minimum Gasteiger partial charge on any atom is -0.338 e. The zero-order valence-electron chi connectivity index (χ0n) is 13.2. The molecule has 2 saturated heterocycles. The lowest BCUT2D eigenvalue weighted by molar-refractivity contribution is 0.0761. The maximum atomic E-state index is 13.0. The molecule has 24 heavy (non-hydrogen) atoms. The summed E-state index contributed by atoms with van der Waals surface area (Å²) in [5.74, 6) is 0.0544. The molecule has 2 aliphatic heterocycles. The summed E-state index contributed by atoms with van der Waals surface area (Å²) in [4.78, 5) is 26.5. The molecule has 0 radical (unpaired) electrons. The second-order valence-electron chi connectivity index (χ2n) is 6.57. The second kappa shape index (κ2) is 5.81. The molecule has 0 saturated carbocycles. The number of hydrogen-bond acceptors (Lipinski definition) is 2. The number of pyridine rings is 1. The van der Waals surface area contributed by atoms with E-state index in [1.807, 2.05) is 39.8 Å². The highest BCUT2D eigenvalue weighted by molar-refractivity contribution is 9.10. The number of aromatic nitrogens is 1. The topological polar surface area (TPSA) is 65.9 Å². The molecule has 1 spiro atoms. The molecule has 4 rings (SSSR count). The van der Waals surface area contributed by atoms with Crippen molar-refractivity contribution in [3.05, 3.63) is 40.6 Å². The van der Waals surface area contributed by atoms with Gasteiger partial charge in [-0.15, -0.1) is 0 Å². The van der Waals surface area contributed by atoms with Crippen LogP contribution in [-0.2, 0) is 0 Å². The number of halogens is 1. The van der Waals surface area contributed by atoms with Crippen molar-refractivity contribution >= 4 is 33.4 Å². The maximum absolute atomic E-state index is 13.0. The second-order valence-corrected chi connectivity index (χ2v) is 7.38. The highest BCUT2D eigenvalue weighted by Gasteiger charge is 2.39.